The van der Waals surface area contributed by atoms with Crippen LogP contribution in [0.15, 0.2) is 66.4 Å². The number of urea groups is 1. The molecule has 0 radical (unpaired) electrons. The maximum absolute atomic E-state index is 13.5. The molecule has 2 amide bonds. The smallest absolute Gasteiger partial charge is 0.319 e. The van der Waals surface area contributed by atoms with Crippen LogP contribution in [-0.4, -0.2) is 73.1 Å². The molecule has 3 atom stereocenters. The summed E-state index contributed by atoms with van der Waals surface area (Å²) in [6.45, 7) is 13.1. The fourth-order valence-electron chi connectivity index (χ4n) is 6.65. The summed E-state index contributed by atoms with van der Waals surface area (Å²) in [5.41, 5.74) is 3.63. The molecule has 12 nitrogen and oxygen atoms in total. The molecular weight excluding hydrogens is 643 g/mol. The molecule has 1 fully saturated rings. The second-order valence-corrected chi connectivity index (χ2v) is 15.6. The van der Waals surface area contributed by atoms with E-state index in [9.17, 15) is 13.2 Å². The Labute approximate surface area is 289 Å². The molecule has 1 aliphatic heterocycles. The van der Waals surface area contributed by atoms with Crippen molar-refractivity contribution < 1.29 is 22.7 Å². The van der Waals surface area contributed by atoms with Crippen molar-refractivity contribution in [3.8, 4) is 11.5 Å². The zero-order chi connectivity index (χ0) is 35.5. The van der Waals surface area contributed by atoms with E-state index in [-0.39, 0.29) is 35.0 Å². The summed E-state index contributed by atoms with van der Waals surface area (Å²) in [6.07, 6.45) is 13.1. The second-order valence-electron chi connectivity index (χ2n) is 13.8. The molecule has 264 valence electrons. The van der Waals surface area contributed by atoms with Gasteiger partial charge >= 0.3 is 6.03 Å². The Bertz CT molecular complexity index is 1880. The Morgan fingerprint density at radius 3 is 2.49 bits per heavy atom. The number of sulfonamides is 1. The third-order valence-electron chi connectivity index (χ3n) is 9.10. The monoisotopic (exact) mass is 691 g/mol. The molecular formula is C36H49N7O5S. The minimum Gasteiger partial charge on any atom is -0.492 e. The van der Waals surface area contributed by atoms with Crippen molar-refractivity contribution in [1.29, 1.82) is 0 Å². The van der Waals surface area contributed by atoms with Crippen molar-refractivity contribution in [1.82, 2.24) is 24.8 Å². The van der Waals surface area contributed by atoms with Crippen molar-refractivity contribution in [2.45, 2.75) is 83.4 Å². The van der Waals surface area contributed by atoms with Crippen molar-refractivity contribution >= 4 is 33.1 Å². The number of likely N-dealkylation sites (tertiary alicyclic amines) is 1. The Balaban J connectivity index is 1.39. The molecule has 5 rings (SSSR count). The predicted molar refractivity (Wildman–Crippen MR) is 194 cm³/mol. The number of benzene rings is 1. The quantitative estimate of drug-likeness (QED) is 0.224. The average molecular weight is 692 g/mol. The summed E-state index contributed by atoms with van der Waals surface area (Å²) >= 11 is 0. The Hall–Kier alpha value is -4.36. The number of hydrogen-bond acceptors (Lipinski definition) is 8. The highest BCUT2D eigenvalue weighted by molar-refractivity contribution is 7.92. The fourth-order valence-corrected chi connectivity index (χ4v) is 7.20. The first-order valence-electron chi connectivity index (χ1n) is 16.7. The number of carbonyl (C=O) groups excluding carboxylic acids is 1. The molecule has 13 heteroatoms. The number of pyridine rings is 1. The van der Waals surface area contributed by atoms with E-state index in [1.165, 1.54) is 13.5 Å². The van der Waals surface area contributed by atoms with Gasteiger partial charge in [0.15, 0.2) is 17.2 Å². The van der Waals surface area contributed by atoms with Gasteiger partial charge in [-0.25, -0.2) is 13.2 Å². The number of ether oxygens (including phenoxy) is 2. The largest absolute Gasteiger partial charge is 0.492 e. The fraction of sp³-hybridized carbons (Fsp3) is 0.472. The van der Waals surface area contributed by atoms with E-state index in [2.05, 4.69) is 44.1 Å². The van der Waals surface area contributed by atoms with Crippen LogP contribution in [-0.2, 0) is 15.4 Å². The highest BCUT2D eigenvalue weighted by atomic mass is 32.2. The first-order chi connectivity index (χ1) is 23.2. The zero-order valence-corrected chi connectivity index (χ0v) is 30.4. The zero-order valence-electron chi connectivity index (χ0n) is 29.5. The van der Waals surface area contributed by atoms with Gasteiger partial charge in [0.2, 0.25) is 10.0 Å². The van der Waals surface area contributed by atoms with Crippen LogP contribution in [0, 0.1) is 0 Å². The highest BCUT2D eigenvalue weighted by Gasteiger charge is 2.31. The number of fused-ring (bicyclic) bond motifs is 1. The lowest BCUT2D eigenvalue weighted by Crippen LogP contribution is -2.43. The van der Waals surface area contributed by atoms with Crippen molar-refractivity contribution in [3.05, 3.63) is 77.8 Å². The number of methoxy groups -OCH3 is 1. The van der Waals surface area contributed by atoms with Gasteiger partial charge < -0.3 is 20.1 Å². The SMILES string of the molecule is C=CC1=C(/C=C\C)[C@H](Oc2ccc3nnc([C@@H]4CCCCN4C)n3c2)CC[C@@H]1NC(=O)Nc1cc(C(C)(C)C)cc(NS(C)(=O)=O)c1OC. The van der Waals surface area contributed by atoms with Gasteiger partial charge in [-0.05, 0) is 92.6 Å². The summed E-state index contributed by atoms with van der Waals surface area (Å²) in [5.74, 6) is 1.83. The number of rotatable bonds is 10. The molecule has 1 aliphatic carbocycles. The molecule has 3 heterocycles. The van der Waals surface area contributed by atoms with E-state index < -0.39 is 16.1 Å². The minimum absolute atomic E-state index is 0.205. The number of anilines is 2. The van der Waals surface area contributed by atoms with Gasteiger partial charge in [-0.3, -0.25) is 14.0 Å². The predicted octanol–water partition coefficient (Wildman–Crippen LogP) is 6.35. The van der Waals surface area contributed by atoms with Crippen LogP contribution < -0.4 is 24.8 Å². The number of aromatic nitrogens is 3. The summed E-state index contributed by atoms with van der Waals surface area (Å²) in [7, 11) is -0.0436. The Morgan fingerprint density at radius 1 is 1.08 bits per heavy atom. The number of piperidine rings is 1. The van der Waals surface area contributed by atoms with Gasteiger partial charge in [-0.15, -0.1) is 10.2 Å². The van der Waals surface area contributed by atoms with Crippen molar-refractivity contribution in [2.24, 2.45) is 0 Å². The molecule has 0 spiro atoms. The van der Waals surface area contributed by atoms with Crippen LogP contribution in [0.25, 0.3) is 5.65 Å². The molecule has 0 bridgehead atoms. The van der Waals surface area contributed by atoms with Gasteiger partial charge in [0, 0.05) is 0 Å². The van der Waals surface area contributed by atoms with E-state index in [1.54, 1.807) is 18.2 Å². The summed E-state index contributed by atoms with van der Waals surface area (Å²) < 4.78 is 41.1. The molecule has 49 heavy (non-hydrogen) atoms. The van der Waals surface area contributed by atoms with Gasteiger partial charge in [-0.2, -0.15) is 0 Å². The lowest BCUT2D eigenvalue weighted by molar-refractivity contribution is 0.178. The number of nitrogens with one attached hydrogen (secondary N) is 3. The van der Waals surface area contributed by atoms with E-state index in [1.807, 2.05) is 62.6 Å². The van der Waals surface area contributed by atoms with E-state index in [0.717, 1.165) is 53.8 Å². The van der Waals surface area contributed by atoms with Crippen LogP contribution in [0.2, 0.25) is 0 Å². The summed E-state index contributed by atoms with van der Waals surface area (Å²) in [5, 5.41) is 15.0. The second kappa shape index (κ2) is 14.6. The first kappa shape index (κ1) is 35.9. The van der Waals surface area contributed by atoms with Gasteiger partial charge in [0.1, 0.15) is 11.9 Å². The Kier molecular flexibility index (Phi) is 10.7. The molecule has 1 saturated heterocycles. The average Bonchev–Trinajstić information content (AvgIpc) is 3.44. The summed E-state index contributed by atoms with van der Waals surface area (Å²) in [6, 6.07) is 6.77. The molecule has 0 saturated carbocycles. The standard InChI is InChI=1S/C36H49N7O5S/c1-9-13-26-25(10-2)27(37-35(44)38-28-20-23(36(3,4)5)21-29(33(28)47-7)41-49(8,45)46)16-17-31(26)48-24-15-18-32-39-40-34(43(32)22-24)30-14-11-12-19-42(30)6/h9-10,13,15,18,20-22,27,30-31,41H,2,11-12,14,16-17,19H2,1,3-8H3,(H2,37,38,44)/b13-9-/t27-,30-,31+/m0/s1. The number of carbonyl (C=O) groups is 1. The topological polar surface area (TPSA) is 139 Å². The lowest BCUT2D eigenvalue weighted by atomic mass is 9.85. The van der Waals surface area contributed by atoms with Crippen LogP contribution in [0.1, 0.15) is 77.2 Å². The van der Waals surface area contributed by atoms with Crippen LogP contribution in [0.4, 0.5) is 16.2 Å². The normalized spacial score (nSPS) is 20.8. The van der Waals surface area contributed by atoms with E-state index >= 15 is 0 Å². The van der Waals surface area contributed by atoms with E-state index in [0.29, 0.717) is 24.3 Å². The molecule has 2 aromatic heterocycles. The van der Waals surface area contributed by atoms with Crippen molar-refractivity contribution in [3.63, 3.8) is 0 Å². The first-order valence-corrected chi connectivity index (χ1v) is 18.6. The van der Waals surface area contributed by atoms with Gasteiger partial charge in [0.25, 0.3) is 0 Å². The van der Waals surface area contributed by atoms with Gasteiger partial charge in [0.05, 0.1) is 43.0 Å². The summed E-state index contributed by atoms with van der Waals surface area (Å²) in [4.78, 5) is 15.9. The molecule has 3 N–H and O–H groups in total. The number of amides is 2. The molecule has 1 aromatic carbocycles. The van der Waals surface area contributed by atoms with Crippen LogP contribution >= 0.6 is 0 Å². The van der Waals surface area contributed by atoms with Crippen molar-refractivity contribution in [2.75, 3.05) is 37.0 Å². The highest BCUT2D eigenvalue weighted by Crippen LogP contribution is 2.39. The van der Waals surface area contributed by atoms with Gasteiger partial charge in [-0.1, -0.05) is 52.0 Å². The maximum Gasteiger partial charge on any atom is 0.319 e. The Morgan fingerprint density at radius 2 is 1.84 bits per heavy atom. The lowest BCUT2D eigenvalue weighted by Gasteiger charge is -2.33. The number of allylic oxidation sites excluding steroid dienone is 1. The third kappa shape index (κ3) is 8.27. The van der Waals surface area contributed by atoms with E-state index in [4.69, 9.17) is 9.47 Å². The third-order valence-corrected chi connectivity index (χ3v) is 9.69. The maximum atomic E-state index is 13.5. The van der Waals surface area contributed by atoms with Crippen LogP contribution in [0.5, 0.6) is 11.5 Å². The minimum atomic E-state index is -3.61. The molecule has 0 unspecified atom stereocenters. The number of hydrogen-bond donors (Lipinski definition) is 3. The van der Waals surface area contributed by atoms with Crippen LogP contribution in [0.3, 0.4) is 0 Å². The molecule has 2 aliphatic rings. The molecule has 3 aromatic rings. The number of nitrogens with zero attached hydrogens (tertiary/aromatic N) is 4.